The molecule has 1 fully saturated rings. The molecule has 3 rings (SSSR count). The van der Waals surface area contributed by atoms with E-state index in [9.17, 15) is 13.2 Å². The van der Waals surface area contributed by atoms with Crippen molar-refractivity contribution in [1.82, 2.24) is 28.8 Å². The second-order valence-electron chi connectivity index (χ2n) is 6.18. The maximum Gasteiger partial charge on any atom is 0.257 e. The number of nitrogens with zero attached hydrogens (tertiary/aromatic N) is 6. The summed E-state index contributed by atoms with van der Waals surface area (Å²) in [6, 6.07) is 0. The van der Waals surface area contributed by atoms with Gasteiger partial charge in [0, 0.05) is 46.0 Å². The summed E-state index contributed by atoms with van der Waals surface area (Å²) in [4.78, 5) is 14.5. The molecule has 0 aromatic carbocycles. The van der Waals surface area contributed by atoms with Crippen LogP contribution in [0.2, 0.25) is 0 Å². The molecular formula is C15H22N6O3S. The van der Waals surface area contributed by atoms with Crippen LogP contribution in [-0.2, 0) is 24.1 Å². The Kier molecular flexibility index (Phi) is 4.41. The van der Waals surface area contributed by atoms with Gasteiger partial charge in [0.1, 0.15) is 4.90 Å². The highest BCUT2D eigenvalue weighted by molar-refractivity contribution is 7.89. The van der Waals surface area contributed by atoms with Crippen LogP contribution in [0.1, 0.15) is 21.7 Å². The van der Waals surface area contributed by atoms with Crippen LogP contribution in [0.25, 0.3) is 0 Å². The molecule has 0 saturated carbocycles. The summed E-state index contributed by atoms with van der Waals surface area (Å²) in [5.74, 6) is -0.111. The molecule has 0 aliphatic carbocycles. The van der Waals surface area contributed by atoms with Crippen molar-refractivity contribution >= 4 is 15.9 Å². The van der Waals surface area contributed by atoms with Crippen molar-refractivity contribution in [3.05, 3.63) is 29.3 Å². The van der Waals surface area contributed by atoms with Crippen LogP contribution >= 0.6 is 0 Å². The van der Waals surface area contributed by atoms with Gasteiger partial charge in [-0.1, -0.05) is 0 Å². The number of aromatic nitrogens is 4. The third-order valence-electron chi connectivity index (χ3n) is 4.80. The highest BCUT2D eigenvalue weighted by atomic mass is 32.2. The van der Waals surface area contributed by atoms with Crippen LogP contribution in [0.3, 0.4) is 0 Å². The van der Waals surface area contributed by atoms with Gasteiger partial charge in [-0.3, -0.25) is 14.2 Å². The van der Waals surface area contributed by atoms with Crippen molar-refractivity contribution in [2.75, 3.05) is 26.2 Å². The van der Waals surface area contributed by atoms with E-state index in [4.69, 9.17) is 0 Å². The second-order valence-corrected chi connectivity index (χ2v) is 8.09. The zero-order chi connectivity index (χ0) is 18.4. The fourth-order valence-electron chi connectivity index (χ4n) is 2.88. The smallest absolute Gasteiger partial charge is 0.257 e. The second kappa shape index (κ2) is 6.26. The summed E-state index contributed by atoms with van der Waals surface area (Å²) in [6.07, 6.45) is 2.93. The highest BCUT2D eigenvalue weighted by Crippen LogP contribution is 2.21. The summed E-state index contributed by atoms with van der Waals surface area (Å²) in [6.45, 7) is 4.80. The normalized spacial score (nSPS) is 16.4. The molecule has 0 radical (unpaired) electrons. The first-order valence-electron chi connectivity index (χ1n) is 8.00. The predicted molar refractivity (Wildman–Crippen MR) is 90.6 cm³/mol. The molecule has 2 aromatic rings. The number of carbonyl (C=O) groups excluding carboxylic acids is 1. The molecule has 1 aliphatic rings. The fraction of sp³-hybridized carbons (Fsp3) is 0.533. The van der Waals surface area contributed by atoms with Gasteiger partial charge in [0.15, 0.2) is 0 Å². The van der Waals surface area contributed by atoms with E-state index in [1.165, 1.54) is 15.2 Å². The Morgan fingerprint density at radius 1 is 0.960 bits per heavy atom. The number of hydrogen-bond acceptors (Lipinski definition) is 5. The molecule has 136 valence electrons. The molecule has 0 unspecified atom stereocenters. The van der Waals surface area contributed by atoms with E-state index in [2.05, 4.69) is 10.2 Å². The van der Waals surface area contributed by atoms with Gasteiger partial charge >= 0.3 is 0 Å². The third kappa shape index (κ3) is 2.95. The Morgan fingerprint density at radius 3 is 2.00 bits per heavy atom. The first-order valence-corrected chi connectivity index (χ1v) is 9.44. The molecule has 0 bridgehead atoms. The maximum atomic E-state index is 12.8. The summed E-state index contributed by atoms with van der Waals surface area (Å²) >= 11 is 0. The molecule has 1 saturated heterocycles. The summed E-state index contributed by atoms with van der Waals surface area (Å²) in [5.41, 5.74) is 1.96. The number of hydrogen-bond donors (Lipinski definition) is 0. The van der Waals surface area contributed by atoms with Crippen LogP contribution in [0, 0.1) is 13.8 Å². The lowest BCUT2D eigenvalue weighted by Crippen LogP contribution is -2.50. The number of rotatable bonds is 3. The van der Waals surface area contributed by atoms with Gasteiger partial charge in [-0.2, -0.15) is 14.5 Å². The van der Waals surface area contributed by atoms with E-state index in [-0.39, 0.29) is 23.9 Å². The lowest BCUT2D eigenvalue weighted by Gasteiger charge is -2.33. The Morgan fingerprint density at radius 2 is 1.52 bits per heavy atom. The first kappa shape index (κ1) is 17.6. The van der Waals surface area contributed by atoms with Crippen molar-refractivity contribution in [2.45, 2.75) is 18.7 Å². The standard InChI is InChI=1S/C15H22N6O3S/c1-11-13(9-16-18(11)3)15(22)20-5-7-21(8-6-20)25(23,24)14-10-17-19(4)12(14)2/h9-10H,5-8H2,1-4H3. The van der Waals surface area contributed by atoms with Crippen LogP contribution in [0.4, 0.5) is 0 Å². The number of amides is 1. The zero-order valence-electron chi connectivity index (χ0n) is 14.8. The Hall–Kier alpha value is -2.20. The molecule has 25 heavy (non-hydrogen) atoms. The summed E-state index contributed by atoms with van der Waals surface area (Å²) in [7, 11) is -0.100. The minimum absolute atomic E-state index is 0.111. The molecule has 9 nitrogen and oxygen atoms in total. The molecule has 2 aromatic heterocycles. The van der Waals surface area contributed by atoms with Gasteiger partial charge in [0.25, 0.3) is 5.91 Å². The van der Waals surface area contributed by atoms with E-state index in [1.54, 1.807) is 36.8 Å². The minimum atomic E-state index is -3.59. The van der Waals surface area contributed by atoms with Gasteiger partial charge in [-0.25, -0.2) is 8.42 Å². The van der Waals surface area contributed by atoms with Gasteiger partial charge in [-0.15, -0.1) is 0 Å². The van der Waals surface area contributed by atoms with Gasteiger partial charge in [0.2, 0.25) is 10.0 Å². The Labute approximate surface area is 146 Å². The quantitative estimate of drug-likeness (QED) is 0.757. The Balaban J connectivity index is 1.72. The molecule has 3 heterocycles. The number of piperazine rings is 1. The molecule has 1 aliphatic heterocycles. The van der Waals surface area contributed by atoms with Crippen molar-refractivity contribution in [3.63, 3.8) is 0 Å². The topological polar surface area (TPSA) is 93.3 Å². The highest BCUT2D eigenvalue weighted by Gasteiger charge is 2.33. The van der Waals surface area contributed by atoms with Crippen LogP contribution in [-0.4, -0.2) is 69.3 Å². The van der Waals surface area contributed by atoms with E-state index in [0.717, 1.165) is 5.69 Å². The van der Waals surface area contributed by atoms with Crippen molar-refractivity contribution in [3.8, 4) is 0 Å². The van der Waals surface area contributed by atoms with Crippen molar-refractivity contribution < 1.29 is 13.2 Å². The average molecular weight is 366 g/mol. The van der Waals surface area contributed by atoms with Crippen LogP contribution < -0.4 is 0 Å². The monoisotopic (exact) mass is 366 g/mol. The molecule has 1 amide bonds. The molecular weight excluding hydrogens is 344 g/mol. The van der Waals surface area contributed by atoms with E-state index < -0.39 is 10.0 Å². The average Bonchev–Trinajstić information content (AvgIpc) is 3.10. The van der Waals surface area contributed by atoms with Gasteiger partial charge in [0.05, 0.1) is 23.7 Å². The number of sulfonamides is 1. The summed E-state index contributed by atoms with van der Waals surface area (Å²) < 4.78 is 30.2. The first-order chi connectivity index (χ1) is 11.7. The minimum Gasteiger partial charge on any atom is -0.336 e. The molecule has 0 spiro atoms. The van der Waals surface area contributed by atoms with Gasteiger partial charge in [-0.05, 0) is 13.8 Å². The van der Waals surface area contributed by atoms with Crippen LogP contribution in [0.5, 0.6) is 0 Å². The summed E-state index contributed by atoms with van der Waals surface area (Å²) in [5, 5.41) is 8.10. The number of carbonyl (C=O) groups is 1. The number of aryl methyl sites for hydroxylation is 2. The van der Waals surface area contributed by atoms with Crippen molar-refractivity contribution in [2.24, 2.45) is 14.1 Å². The SMILES string of the molecule is Cc1c(C(=O)N2CCN(S(=O)(=O)c3cnn(C)c3C)CC2)cnn1C. The third-order valence-corrected chi connectivity index (χ3v) is 6.80. The fourth-order valence-corrected chi connectivity index (χ4v) is 4.49. The van der Waals surface area contributed by atoms with Crippen LogP contribution in [0.15, 0.2) is 17.3 Å². The molecule has 10 heteroatoms. The predicted octanol–water partition coefficient (Wildman–Crippen LogP) is -0.0829. The van der Waals surface area contributed by atoms with Crippen molar-refractivity contribution in [1.29, 1.82) is 0 Å². The lowest BCUT2D eigenvalue weighted by molar-refractivity contribution is 0.0697. The molecule has 0 N–H and O–H groups in total. The Bertz CT molecular complexity index is 906. The molecule has 0 atom stereocenters. The maximum absolute atomic E-state index is 12.8. The van der Waals surface area contributed by atoms with E-state index >= 15 is 0 Å². The largest absolute Gasteiger partial charge is 0.336 e. The van der Waals surface area contributed by atoms with E-state index in [0.29, 0.717) is 24.3 Å². The zero-order valence-corrected chi connectivity index (χ0v) is 15.6. The van der Waals surface area contributed by atoms with E-state index in [1.807, 2.05) is 6.92 Å². The lowest BCUT2D eigenvalue weighted by atomic mass is 10.2. The van der Waals surface area contributed by atoms with Gasteiger partial charge < -0.3 is 4.90 Å².